The van der Waals surface area contributed by atoms with E-state index in [1.807, 2.05) is 0 Å². The van der Waals surface area contributed by atoms with E-state index in [4.69, 9.17) is 10.2 Å². The molecule has 1 heterocycles. The summed E-state index contributed by atoms with van der Waals surface area (Å²) in [5, 5.41) is 10.0. The zero-order valence-electron chi connectivity index (χ0n) is 13.0. The third kappa shape index (κ3) is 2.46. The average Bonchev–Trinajstić information content (AvgIpc) is 2.54. The maximum Gasteiger partial charge on any atom is 0.335 e. The maximum absolute atomic E-state index is 11.7. The molecular weight excluding hydrogens is 306 g/mol. The molecule has 1 aromatic carbocycles. The summed E-state index contributed by atoms with van der Waals surface area (Å²) in [5.74, 6) is -0.741. The highest BCUT2D eigenvalue weighted by atomic mass is 16.4. The number of hydrogen-bond acceptors (Lipinski definition) is 4. The molecule has 0 amide bonds. The number of rotatable bonds is 3. The third-order valence-electron chi connectivity index (χ3n) is 3.86. The van der Waals surface area contributed by atoms with E-state index in [-0.39, 0.29) is 11.0 Å². The first-order valence-corrected chi connectivity index (χ1v) is 7.27. The summed E-state index contributed by atoms with van der Waals surface area (Å²) in [6.45, 7) is 5.41. The Balaban J connectivity index is 2.49. The van der Waals surface area contributed by atoms with E-state index in [0.29, 0.717) is 39.1 Å². The fourth-order valence-corrected chi connectivity index (χ4v) is 2.76. The van der Waals surface area contributed by atoms with Crippen LogP contribution in [0.1, 0.15) is 12.5 Å². The normalized spacial score (nSPS) is 11.8. The number of hydrogen-bond donors (Lipinski definition) is 2. The lowest BCUT2D eigenvalue weighted by Gasteiger charge is -2.17. The summed E-state index contributed by atoms with van der Waals surface area (Å²) in [7, 11) is 0. The van der Waals surface area contributed by atoms with Crippen LogP contribution in [0.2, 0.25) is 0 Å². The Labute approximate surface area is 137 Å². The van der Waals surface area contributed by atoms with Crippen LogP contribution in [0.3, 0.4) is 0 Å². The number of fused-ring (bicyclic) bond motifs is 2. The number of anilines is 1. The van der Waals surface area contributed by atoms with Crippen LogP contribution in [0.5, 0.6) is 0 Å². The first-order chi connectivity index (χ1) is 11.4. The fraction of sp³-hybridized carbons (Fsp3) is 0.0526. The molecule has 0 aromatic heterocycles. The monoisotopic (exact) mass is 321 g/mol. The first-order valence-electron chi connectivity index (χ1n) is 7.27. The minimum atomic E-state index is -1.11. The summed E-state index contributed by atoms with van der Waals surface area (Å²) in [6, 6.07) is 9.55. The van der Waals surface area contributed by atoms with Crippen molar-refractivity contribution < 1.29 is 14.3 Å². The van der Waals surface area contributed by atoms with Crippen LogP contribution in [-0.2, 0) is 4.79 Å². The molecule has 0 saturated heterocycles. The molecule has 5 heteroatoms. The first kappa shape index (κ1) is 15.6. The van der Waals surface area contributed by atoms with Gasteiger partial charge >= 0.3 is 5.97 Å². The molecular formula is C19H15NO4. The van der Waals surface area contributed by atoms with Crippen molar-refractivity contribution in [3.63, 3.8) is 0 Å². The number of nitrogen functional groups attached to an aromatic ring is 1. The minimum absolute atomic E-state index is 0.0330. The molecule has 24 heavy (non-hydrogen) atoms. The number of carboxylic acid groups (broad SMARTS) is 1. The molecule has 1 aromatic rings. The van der Waals surface area contributed by atoms with Crippen molar-refractivity contribution in [1.82, 2.24) is 0 Å². The van der Waals surface area contributed by atoms with Crippen molar-refractivity contribution in [2.75, 3.05) is 5.73 Å². The molecule has 120 valence electrons. The van der Waals surface area contributed by atoms with Gasteiger partial charge in [0, 0.05) is 34.3 Å². The molecule has 1 aliphatic heterocycles. The van der Waals surface area contributed by atoms with E-state index in [9.17, 15) is 14.7 Å². The van der Waals surface area contributed by atoms with Crippen LogP contribution >= 0.6 is 0 Å². The second-order valence-corrected chi connectivity index (χ2v) is 5.38. The standard InChI is InChI=1S/C19H15NO4/c1-3-13(10(2)19(22)23)18-14-6-4-11(20)8-16(14)24-17-9-12(21)5-7-15(17)18/h3-9H,2,20H2,1H3,(H,22,23)/b13-3+. The highest BCUT2D eigenvalue weighted by Gasteiger charge is 2.22. The Morgan fingerprint density at radius 2 is 2.00 bits per heavy atom. The van der Waals surface area contributed by atoms with Gasteiger partial charge in [-0.05, 0) is 36.8 Å². The lowest BCUT2D eigenvalue weighted by atomic mass is 9.90. The zero-order valence-corrected chi connectivity index (χ0v) is 13.0. The van der Waals surface area contributed by atoms with Gasteiger partial charge in [0.05, 0.1) is 5.57 Å². The van der Waals surface area contributed by atoms with Gasteiger partial charge in [-0.3, -0.25) is 4.79 Å². The van der Waals surface area contributed by atoms with Crippen molar-refractivity contribution in [2.45, 2.75) is 6.92 Å². The molecule has 0 bridgehead atoms. The van der Waals surface area contributed by atoms with Crippen molar-refractivity contribution >= 4 is 28.2 Å². The van der Waals surface area contributed by atoms with Gasteiger partial charge in [-0.1, -0.05) is 12.7 Å². The van der Waals surface area contributed by atoms with Gasteiger partial charge in [0.15, 0.2) is 5.43 Å². The van der Waals surface area contributed by atoms with Gasteiger partial charge in [-0.15, -0.1) is 0 Å². The molecule has 1 aliphatic carbocycles. The summed E-state index contributed by atoms with van der Waals surface area (Å²) in [5.41, 5.74) is 8.33. The summed E-state index contributed by atoms with van der Waals surface area (Å²) < 4.78 is 5.80. The topological polar surface area (TPSA) is 93.5 Å². The van der Waals surface area contributed by atoms with Gasteiger partial charge < -0.3 is 15.3 Å². The maximum atomic E-state index is 11.7. The van der Waals surface area contributed by atoms with E-state index in [2.05, 4.69) is 6.58 Å². The number of benzene rings is 2. The largest absolute Gasteiger partial charge is 0.478 e. The van der Waals surface area contributed by atoms with Gasteiger partial charge in [-0.2, -0.15) is 0 Å². The van der Waals surface area contributed by atoms with Gasteiger partial charge in [-0.25, -0.2) is 4.79 Å². The van der Waals surface area contributed by atoms with E-state index >= 15 is 0 Å². The smallest absolute Gasteiger partial charge is 0.335 e. The van der Waals surface area contributed by atoms with Crippen LogP contribution in [0.25, 0.3) is 27.9 Å². The average molecular weight is 321 g/mol. The van der Waals surface area contributed by atoms with Gasteiger partial charge in [0.25, 0.3) is 0 Å². The second kappa shape index (κ2) is 5.70. The van der Waals surface area contributed by atoms with Crippen molar-refractivity contribution in [1.29, 1.82) is 0 Å². The molecule has 0 fully saturated rings. The Hall–Kier alpha value is -3.34. The fourth-order valence-electron chi connectivity index (χ4n) is 2.76. The van der Waals surface area contributed by atoms with Crippen molar-refractivity contribution in [3.05, 3.63) is 70.4 Å². The molecule has 0 unspecified atom stereocenters. The lowest BCUT2D eigenvalue weighted by molar-refractivity contribution is -0.132. The molecule has 3 rings (SSSR count). The second-order valence-electron chi connectivity index (χ2n) is 5.38. The van der Waals surface area contributed by atoms with Crippen LogP contribution < -0.4 is 11.2 Å². The molecule has 0 atom stereocenters. The predicted octanol–water partition coefficient (Wildman–Crippen LogP) is 3.52. The molecule has 5 nitrogen and oxygen atoms in total. The highest BCUT2D eigenvalue weighted by molar-refractivity contribution is 6.11. The van der Waals surface area contributed by atoms with E-state index in [0.717, 1.165) is 0 Å². The number of nitrogens with two attached hydrogens (primary N) is 1. The van der Waals surface area contributed by atoms with Gasteiger partial charge in [0.1, 0.15) is 11.3 Å². The van der Waals surface area contributed by atoms with E-state index < -0.39 is 5.97 Å². The molecule has 3 N–H and O–H groups in total. The Morgan fingerprint density at radius 1 is 1.25 bits per heavy atom. The summed E-state index contributed by atoms with van der Waals surface area (Å²) in [6.07, 6.45) is 1.69. The SMILES string of the molecule is C=C(C(=O)O)/C(=C\C)c1c2ccc(=O)cc-2oc2cc(N)ccc12. The minimum Gasteiger partial charge on any atom is -0.478 e. The van der Waals surface area contributed by atoms with Crippen LogP contribution in [0, 0.1) is 0 Å². The predicted molar refractivity (Wildman–Crippen MR) is 93.9 cm³/mol. The van der Waals surface area contributed by atoms with Crippen molar-refractivity contribution in [2.24, 2.45) is 0 Å². The Kier molecular flexibility index (Phi) is 3.69. The molecule has 0 radical (unpaired) electrons. The molecule has 0 saturated carbocycles. The third-order valence-corrected chi connectivity index (χ3v) is 3.86. The van der Waals surface area contributed by atoms with Crippen LogP contribution in [0.4, 0.5) is 5.69 Å². The van der Waals surface area contributed by atoms with Crippen LogP contribution in [-0.4, -0.2) is 11.1 Å². The number of aliphatic carboxylic acids is 1. The van der Waals surface area contributed by atoms with Gasteiger partial charge in [0.2, 0.25) is 0 Å². The van der Waals surface area contributed by atoms with E-state index in [1.165, 1.54) is 12.1 Å². The Bertz CT molecular complexity index is 1040. The Morgan fingerprint density at radius 3 is 2.67 bits per heavy atom. The molecule has 2 aliphatic rings. The number of carbonyl (C=O) groups is 1. The lowest BCUT2D eigenvalue weighted by Crippen LogP contribution is -2.06. The van der Waals surface area contributed by atoms with E-state index in [1.54, 1.807) is 37.3 Å². The summed E-state index contributed by atoms with van der Waals surface area (Å²) in [4.78, 5) is 23.1. The number of allylic oxidation sites excluding steroid dienone is 1. The summed E-state index contributed by atoms with van der Waals surface area (Å²) >= 11 is 0. The van der Waals surface area contributed by atoms with Crippen molar-refractivity contribution in [3.8, 4) is 11.3 Å². The molecule has 0 spiro atoms. The quantitative estimate of drug-likeness (QED) is 0.333. The zero-order chi connectivity index (χ0) is 17.4. The number of carboxylic acids is 1. The highest BCUT2D eigenvalue weighted by Crippen LogP contribution is 2.39. The van der Waals surface area contributed by atoms with Crippen LogP contribution in [0.15, 0.2) is 63.8 Å².